The Morgan fingerprint density at radius 3 is 1.69 bits per heavy atom. The SMILES string of the molecule is [C-]#[N+]c1c(C)cc(Cl)cc1-c1c(Br)cnn1C.[C-]#[N+]c1c(CC)cc(Cl)cc1-c1c(Br)cnn1C. The average Bonchev–Trinajstić information content (AvgIpc) is 3.32. The maximum absolute atomic E-state index is 7.38. The van der Waals surface area contributed by atoms with Gasteiger partial charge in [-0.15, -0.1) is 0 Å². The van der Waals surface area contributed by atoms with Gasteiger partial charge in [-0.2, -0.15) is 10.2 Å². The number of hydrogen-bond donors (Lipinski definition) is 0. The predicted molar refractivity (Wildman–Crippen MR) is 149 cm³/mol. The van der Waals surface area contributed by atoms with E-state index in [4.69, 9.17) is 36.3 Å². The van der Waals surface area contributed by atoms with E-state index in [2.05, 4.69) is 51.7 Å². The third-order valence-corrected chi connectivity index (χ3v) is 6.92. The van der Waals surface area contributed by atoms with Gasteiger partial charge in [0.15, 0.2) is 11.4 Å². The fraction of sp³-hybridized carbons (Fsp3) is 0.200. The summed E-state index contributed by atoms with van der Waals surface area (Å²) in [6, 6.07) is 7.25. The number of halogens is 4. The van der Waals surface area contributed by atoms with E-state index in [1.807, 2.05) is 40.1 Å². The van der Waals surface area contributed by atoms with Gasteiger partial charge in [0.1, 0.15) is 0 Å². The lowest BCUT2D eigenvalue weighted by Gasteiger charge is -2.10. The highest BCUT2D eigenvalue weighted by molar-refractivity contribution is 9.11. The fourth-order valence-electron chi connectivity index (χ4n) is 3.73. The minimum Gasteiger partial charge on any atom is -0.268 e. The molecule has 4 rings (SSSR count). The Morgan fingerprint density at radius 2 is 1.29 bits per heavy atom. The number of rotatable bonds is 3. The number of hydrogen-bond acceptors (Lipinski definition) is 2. The lowest BCUT2D eigenvalue weighted by atomic mass is 10.0. The van der Waals surface area contributed by atoms with Crippen LogP contribution in [-0.2, 0) is 20.5 Å². The quantitative estimate of drug-likeness (QED) is 0.211. The number of benzene rings is 2. The summed E-state index contributed by atoms with van der Waals surface area (Å²) in [5.41, 5.74) is 6.44. The molecule has 2 aromatic heterocycles. The molecular formula is C25H20Br2Cl2N6. The molecule has 2 aromatic carbocycles. The first-order chi connectivity index (χ1) is 16.6. The number of aromatic nitrogens is 4. The molecule has 0 aliphatic carbocycles. The van der Waals surface area contributed by atoms with Crippen molar-refractivity contribution in [3.8, 4) is 22.5 Å². The molecular weight excluding hydrogens is 615 g/mol. The first-order valence-corrected chi connectivity index (χ1v) is 12.7. The summed E-state index contributed by atoms with van der Waals surface area (Å²) in [6.07, 6.45) is 4.20. The van der Waals surface area contributed by atoms with Crippen LogP contribution in [0.3, 0.4) is 0 Å². The molecule has 0 fully saturated rings. The molecule has 0 N–H and O–H groups in total. The summed E-state index contributed by atoms with van der Waals surface area (Å²) in [5, 5.41) is 9.59. The molecule has 0 unspecified atom stereocenters. The van der Waals surface area contributed by atoms with E-state index in [0.29, 0.717) is 21.4 Å². The van der Waals surface area contributed by atoms with Gasteiger partial charge < -0.3 is 0 Å². The molecule has 0 aliphatic heterocycles. The molecule has 0 atom stereocenters. The zero-order chi connectivity index (χ0) is 25.9. The zero-order valence-electron chi connectivity index (χ0n) is 19.4. The minimum atomic E-state index is 0.610. The Labute approximate surface area is 231 Å². The van der Waals surface area contributed by atoms with Crippen molar-refractivity contribution in [3.63, 3.8) is 0 Å². The van der Waals surface area contributed by atoms with Crippen molar-refractivity contribution in [2.24, 2.45) is 14.1 Å². The van der Waals surface area contributed by atoms with E-state index in [9.17, 15) is 0 Å². The highest BCUT2D eigenvalue weighted by Crippen LogP contribution is 2.40. The van der Waals surface area contributed by atoms with Crippen LogP contribution < -0.4 is 0 Å². The van der Waals surface area contributed by atoms with Crippen molar-refractivity contribution in [3.05, 3.63) is 89.6 Å². The largest absolute Gasteiger partial charge is 0.268 e. The van der Waals surface area contributed by atoms with Gasteiger partial charge in [-0.1, -0.05) is 42.3 Å². The monoisotopic (exact) mass is 632 g/mol. The van der Waals surface area contributed by atoms with Crippen molar-refractivity contribution >= 4 is 66.4 Å². The van der Waals surface area contributed by atoms with Crippen molar-refractivity contribution < 1.29 is 0 Å². The summed E-state index contributed by atoms with van der Waals surface area (Å²) < 4.78 is 5.18. The maximum atomic E-state index is 7.38. The summed E-state index contributed by atoms with van der Waals surface area (Å²) in [5.74, 6) is 0. The highest BCUT2D eigenvalue weighted by atomic mass is 79.9. The highest BCUT2D eigenvalue weighted by Gasteiger charge is 2.17. The summed E-state index contributed by atoms with van der Waals surface area (Å²) >= 11 is 19.1. The number of aryl methyl sites for hydroxylation is 4. The molecule has 0 aliphatic rings. The molecule has 0 bridgehead atoms. The molecule has 10 heteroatoms. The van der Waals surface area contributed by atoms with Crippen molar-refractivity contribution in [2.45, 2.75) is 20.3 Å². The first-order valence-electron chi connectivity index (χ1n) is 10.4. The van der Waals surface area contributed by atoms with E-state index >= 15 is 0 Å². The van der Waals surface area contributed by atoms with Crippen LogP contribution in [0.1, 0.15) is 18.1 Å². The second-order valence-electron chi connectivity index (χ2n) is 7.59. The van der Waals surface area contributed by atoms with Crippen LogP contribution in [-0.4, -0.2) is 19.6 Å². The van der Waals surface area contributed by atoms with Crippen LogP contribution in [0.5, 0.6) is 0 Å². The molecule has 0 saturated carbocycles. The minimum absolute atomic E-state index is 0.610. The van der Waals surface area contributed by atoms with Crippen molar-refractivity contribution in [2.75, 3.05) is 0 Å². The topological polar surface area (TPSA) is 44.4 Å². The third-order valence-electron chi connectivity index (χ3n) is 5.32. The van der Waals surface area contributed by atoms with Crippen LogP contribution in [0.15, 0.2) is 45.6 Å². The van der Waals surface area contributed by atoms with Gasteiger partial charge in [0.2, 0.25) is 0 Å². The van der Waals surface area contributed by atoms with Gasteiger partial charge in [0.05, 0.1) is 45.9 Å². The van der Waals surface area contributed by atoms with Crippen LogP contribution in [0.25, 0.3) is 32.2 Å². The van der Waals surface area contributed by atoms with Gasteiger partial charge >= 0.3 is 0 Å². The molecule has 178 valence electrons. The molecule has 2 heterocycles. The standard InChI is InChI=1S/C13H11BrClN3.C12H9BrClN3/c1-4-8-5-9(15)6-10(12(8)16-2)13-11(14)7-17-18(13)3;1-7-4-8(14)5-9(11(7)15-2)12-10(13)6-16-17(12)3/h5-7H,4H2,1,3H3;4-6H,1,3H3. The summed E-state index contributed by atoms with van der Waals surface area (Å²) in [4.78, 5) is 7.23. The second-order valence-corrected chi connectivity index (χ2v) is 10.2. The average molecular weight is 635 g/mol. The zero-order valence-corrected chi connectivity index (χ0v) is 24.1. The Morgan fingerprint density at radius 1 is 0.829 bits per heavy atom. The van der Waals surface area contributed by atoms with E-state index in [1.54, 1.807) is 33.9 Å². The molecule has 0 saturated heterocycles. The fourth-order valence-corrected chi connectivity index (χ4v) is 5.37. The summed E-state index contributed by atoms with van der Waals surface area (Å²) in [6.45, 7) is 18.6. The molecule has 35 heavy (non-hydrogen) atoms. The van der Waals surface area contributed by atoms with E-state index in [-0.39, 0.29) is 0 Å². The van der Waals surface area contributed by atoms with Gasteiger partial charge in [-0.25, -0.2) is 9.69 Å². The Balaban J connectivity index is 0.000000196. The van der Waals surface area contributed by atoms with E-state index in [1.165, 1.54) is 0 Å². The Bertz CT molecular complexity index is 1450. The maximum Gasteiger partial charge on any atom is 0.199 e. The van der Waals surface area contributed by atoms with Crippen LogP contribution in [0, 0.1) is 20.1 Å². The predicted octanol–water partition coefficient (Wildman–Crippen LogP) is 8.98. The first kappa shape index (κ1) is 27.0. The Hall–Kier alpha value is -2.62. The number of nitrogens with zero attached hydrogens (tertiary/aromatic N) is 6. The molecule has 0 amide bonds. The normalized spacial score (nSPS) is 10.3. The van der Waals surface area contributed by atoms with Crippen LogP contribution >= 0.6 is 55.1 Å². The molecule has 0 spiro atoms. The lowest BCUT2D eigenvalue weighted by molar-refractivity contribution is 0.776. The van der Waals surface area contributed by atoms with Gasteiger partial charge in [0, 0.05) is 35.3 Å². The smallest absolute Gasteiger partial charge is 0.199 e. The second kappa shape index (κ2) is 11.4. The summed E-state index contributed by atoms with van der Waals surface area (Å²) in [7, 11) is 3.68. The van der Waals surface area contributed by atoms with Crippen LogP contribution in [0.2, 0.25) is 10.0 Å². The van der Waals surface area contributed by atoms with E-state index in [0.717, 1.165) is 49.0 Å². The van der Waals surface area contributed by atoms with Gasteiger partial charge in [-0.3, -0.25) is 9.36 Å². The Kier molecular flexibility index (Phi) is 8.79. The molecule has 0 radical (unpaired) electrons. The van der Waals surface area contributed by atoms with Crippen LogP contribution in [0.4, 0.5) is 11.4 Å². The lowest BCUT2D eigenvalue weighted by Crippen LogP contribution is -1.95. The molecule has 6 nitrogen and oxygen atoms in total. The van der Waals surface area contributed by atoms with E-state index < -0.39 is 0 Å². The third kappa shape index (κ3) is 5.63. The van der Waals surface area contributed by atoms with Gasteiger partial charge in [0.25, 0.3) is 0 Å². The molecule has 4 aromatic rings. The van der Waals surface area contributed by atoms with Crippen molar-refractivity contribution in [1.82, 2.24) is 19.6 Å². The van der Waals surface area contributed by atoms with Gasteiger partial charge in [-0.05, 0) is 68.5 Å². The van der Waals surface area contributed by atoms with Crippen molar-refractivity contribution in [1.29, 1.82) is 0 Å².